The summed E-state index contributed by atoms with van der Waals surface area (Å²) < 4.78 is 40.4. The van der Waals surface area contributed by atoms with E-state index in [1.807, 2.05) is 19.1 Å². The summed E-state index contributed by atoms with van der Waals surface area (Å²) in [4.78, 5) is 26.0. The molecule has 3 rings (SSSR count). The maximum absolute atomic E-state index is 13.9. The Morgan fingerprint density at radius 1 is 0.933 bits per heavy atom. The van der Waals surface area contributed by atoms with Crippen LogP contribution in [-0.4, -0.2) is 55.5 Å². The van der Waals surface area contributed by atoms with E-state index < -0.39 is 15.8 Å². The number of hydrogen-bond acceptors (Lipinski definition) is 4. The van der Waals surface area contributed by atoms with E-state index in [1.54, 1.807) is 17.0 Å². The Morgan fingerprint density at radius 3 is 2.17 bits per heavy atom. The number of aryl methyl sites for hydroxylation is 1. The molecule has 0 spiro atoms. The first-order valence-corrected chi connectivity index (χ1v) is 11.4. The highest BCUT2D eigenvalue weighted by atomic mass is 32.2. The summed E-state index contributed by atoms with van der Waals surface area (Å²) >= 11 is 0. The Labute approximate surface area is 176 Å². The van der Waals surface area contributed by atoms with Crippen LogP contribution in [0.5, 0.6) is 0 Å². The third-order valence-electron chi connectivity index (χ3n) is 5.30. The van der Waals surface area contributed by atoms with E-state index in [4.69, 9.17) is 0 Å². The van der Waals surface area contributed by atoms with Crippen LogP contribution in [-0.2, 0) is 21.2 Å². The molecule has 30 heavy (non-hydrogen) atoms. The molecule has 1 saturated heterocycles. The van der Waals surface area contributed by atoms with E-state index in [9.17, 15) is 22.4 Å². The highest BCUT2D eigenvalue weighted by molar-refractivity contribution is 7.89. The molecule has 1 aliphatic rings. The maximum Gasteiger partial charge on any atom is 0.246 e. The number of halogens is 1. The van der Waals surface area contributed by atoms with Gasteiger partial charge in [-0.15, -0.1) is 0 Å². The number of Topliss-reactive ketones (excluding diaryl/α,β-unsaturated/α-hetero) is 1. The number of carbonyl (C=O) groups is 2. The number of piperazine rings is 1. The third kappa shape index (κ3) is 4.94. The molecule has 1 amide bonds. The van der Waals surface area contributed by atoms with E-state index in [0.717, 1.165) is 18.1 Å². The molecular weight excluding hydrogens is 407 g/mol. The van der Waals surface area contributed by atoms with Crippen molar-refractivity contribution >= 4 is 21.7 Å². The van der Waals surface area contributed by atoms with Crippen molar-refractivity contribution in [3.63, 3.8) is 0 Å². The van der Waals surface area contributed by atoms with E-state index in [1.165, 1.54) is 22.5 Å². The fraction of sp³-hybridized carbons (Fsp3) is 0.364. The van der Waals surface area contributed by atoms with Crippen LogP contribution in [0.25, 0.3) is 0 Å². The van der Waals surface area contributed by atoms with Gasteiger partial charge in [0.25, 0.3) is 0 Å². The molecule has 0 unspecified atom stereocenters. The fourth-order valence-electron chi connectivity index (χ4n) is 3.42. The van der Waals surface area contributed by atoms with E-state index in [0.29, 0.717) is 5.56 Å². The third-order valence-corrected chi connectivity index (χ3v) is 7.23. The van der Waals surface area contributed by atoms with Gasteiger partial charge in [-0.05, 0) is 24.1 Å². The zero-order valence-electron chi connectivity index (χ0n) is 16.9. The second-order valence-corrected chi connectivity index (χ2v) is 9.10. The average molecular weight is 433 g/mol. The fourth-order valence-corrected chi connectivity index (χ4v) is 4.91. The van der Waals surface area contributed by atoms with Crippen LogP contribution in [0.4, 0.5) is 4.39 Å². The van der Waals surface area contributed by atoms with Crippen molar-refractivity contribution in [1.29, 1.82) is 0 Å². The van der Waals surface area contributed by atoms with Crippen LogP contribution in [0.3, 0.4) is 0 Å². The van der Waals surface area contributed by atoms with Gasteiger partial charge in [0.2, 0.25) is 15.9 Å². The van der Waals surface area contributed by atoms with Gasteiger partial charge in [-0.25, -0.2) is 12.8 Å². The lowest BCUT2D eigenvalue weighted by Gasteiger charge is -2.34. The second kappa shape index (κ2) is 9.49. The average Bonchev–Trinajstić information content (AvgIpc) is 2.77. The number of sulfonamides is 1. The van der Waals surface area contributed by atoms with Crippen molar-refractivity contribution in [1.82, 2.24) is 9.21 Å². The Balaban J connectivity index is 1.52. The molecule has 2 aromatic carbocycles. The zero-order chi connectivity index (χ0) is 21.7. The SMILES string of the molecule is CCc1ccc(C(=O)CCC(=O)N2CCN(S(=O)(=O)c3ccccc3F)CC2)cc1. The minimum Gasteiger partial charge on any atom is -0.340 e. The summed E-state index contributed by atoms with van der Waals surface area (Å²) in [5, 5.41) is 0. The van der Waals surface area contributed by atoms with E-state index >= 15 is 0 Å². The lowest BCUT2D eigenvalue weighted by Crippen LogP contribution is -2.50. The van der Waals surface area contributed by atoms with Gasteiger partial charge in [0.05, 0.1) is 0 Å². The number of carbonyl (C=O) groups excluding carboxylic acids is 2. The predicted molar refractivity (Wildman–Crippen MR) is 111 cm³/mol. The highest BCUT2D eigenvalue weighted by Gasteiger charge is 2.31. The molecule has 1 aliphatic heterocycles. The molecule has 2 aromatic rings. The quantitative estimate of drug-likeness (QED) is 0.631. The molecule has 6 nitrogen and oxygen atoms in total. The summed E-state index contributed by atoms with van der Waals surface area (Å²) in [5.41, 5.74) is 1.73. The van der Waals surface area contributed by atoms with Gasteiger partial charge >= 0.3 is 0 Å². The first-order chi connectivity index (χ1) is 14.3. The Bertz CT molecular complexity index is 1010. The number of rotatable bonds is 7. The van der Waals surface area contributed by atoms with Gasteiger partial charge in [-0.1, -0.05) is 43.3 Å². The molecule has 160 valence electrons. The van der Waals surface area contributed by atoms with Crippen LogP contribution in [0.15, 0.2) is 53.4 Å². The van der Waals surface area contributed by atoms with Crippen molar-refractivity contribution in [2.45, 2.75) is 31.1 Å². The van der Waals surface area contributed by atoms with Gasteiger partial charge in [-0.3, -0.25) is 9.59 Å². The number of hydrogen-bond donors (Lipinski definition) is 0. The molecule has 0 atom stereocenters. The normalized spacial score (nSPS) is 15.2. The van der Waals surface area contributed by atoms with Crippen molar-refractivity contribution in [2.75, 3.05) is 26.2 Å². The lowest BCUT2D eigenvalue weighted by atomic mass is 10.0. The van der Waals surface area contributed by atoms with Crippen molar-refractivity contribution in [3.8, 4) is 0 Å². The molecule has 0 aliphatic carbocycles. The van der Waals surface area contributed by atoms with Gasteiger partial charge in [-0.2, -0.15) is 4.31 Å². The van der Waals surface area contributed by atoms with Gasteiger partial charge < -0.3 is 4.90 Å². The largest absolute Gasteiger partial charge is 0.340 e. The summed E-state index contributed by atoms with van der Waals surface area (Å²) in [6, 6.07) is 12.6. The molecule has 8 heteroatoms. The second-order valence-electron chi connectivity index (χ2n) is 7.19. The van der Waals surface area contributed by atoms with Crippen molar-refractivity contribution in [2.24, 2.45) is 0 Å². The molecule has 0 bridgehead atoms. The number of amides is 1. The summed E-state index contributed by atoms with van der Waals surface area (Å²) in [6.07, 6.45) is 1.08. The summed E-state index contributed by atoms with van der Waals surface area (Å²) in [5.74, 6) is -1.07. The van der Waals surface area contributed by atoms with Crippen LogP contribution >= 0.6 is 0 Å². The van der Waals surface area contributed by atoms with Crippen LogP contribution in [0.2, 0.25) is 0 Å². The minimum atomic E-state index is -3.94. The molecule has 0 saturated carbocycles. The highest BCUT2D eigenvalue weighted by Crippen LogP contribution is 2.20. The topological polar surface area (TPSA) is 74.8 Å². The Hall–Kier alpha value is -2.58. The zero-order valence-corrected chi connectivity index (χ0v) is 17.7. The first-order valence-electron chi connectivity index (χ1n) is 9.97. The van der Waals surface area contributed by atoms with Gasteiger partial charge in [0.1, 0.15) is 10.7 Å². The molecule has 0 N–H and O–H groups in total. The number of benzene rings is 2. The minimum absolute atomic E-state index is 0.0778. The Kier molecular flexibility index (Phi) is 6.99. The molecule has 0 radical (unpaired) electrons. The summed E-state index contributed by atoms with van der Waals surface area (Å²) in [7, 11) is -3.94. The lowest BCUT2D eigenvalue weighted by molar-refractivity contribution is -0.132. The van der Waals surface area contributed by atoms with E-state index in [2.05, 4.69) is 0 Å². The monoisotopic (exact) mass is 432 g/mol. The van der Waals surface area contributed by atoms with E-state index in [-0.39, 0.29) is 55.6 Å². The Morgan fingerprint density at radius 2 is 1.57 bits per heavy atom. The first kappa shape index (κ1) is 22.1. The van der Waals surface area contributed by atoms with Crippen LogP contribution in [0.1, 0.15) is 35.7 Å². The molecule has 1 heterocycles. The summed E-state index contributed by atoms with van der Waals surface area (Å²) in [6.45, 7) is 2.65. The molecular formula is C22H25FN2O4S. The van der Waals surface area contributed by atoms with Crippen LogP contribution in [0, 0.1) is 5.82 Å². The predicted octanol–water partition coefficient (Wildman–Crippen LogP) is 2.88. The van der Waals surface area contributed by atoms with Crippen molar-refractivity contribution in [3.05, 3.63) is 65.5 Å². The smallest absolute Gasteiger partial charge is 0.246 e. The van der Waals surface area contributed by atoms with Crippen LogP contribution < -0.4 is 0 Å². The van der Waals surface area contributed by atoms with Gasteiger partial charge in [0.15, 0.2) is 5.78 Å². The molecule has 0 aromatic heterocycles. The maximum atomic E-state index is 13.9. The number of nitrogens with zero attached hydrogens (tertiary/aromatic N) is 2. The van der Waals surface area contributed by atoms with Gasteiger partial charge in [0, 0.05) is 44.6 Å². The molecule has 1 fully saturated rings. The van der Waals surface area contributed by atoms with Crippen molar-refractivity contribution < 1.29 is 22.4 Å². The number of ketones is 1. The standard InChI is InChI=1S/C22H25FN2O4S/c1-2-17-7-9-18(10-8-17)20(26)11-12-22(27)24-13-15-25(16-14-24)30(28,29)21-6-4-3-5-19(21)23/h3-10H,2,11-16H2,1H3.